The normalized spacial score (nSPS) is 19.2. The van der Waals surface area contributed by atoms with E-state index in [1.165, 1.54) is 6.42 Å². The summed E-state index contributed by atoms with van der Waals surface area (Å²) in [6.07, 6.45) is 4.20. The van der Waals surface area contributed by atoms with Crippen molar-refractivity contribution in [3.05, 3.63) is 18.3 Å². The van der Waals surface area contributed by atoms with E-state index in [0.29, 0.717) is 12.5 Å². The van der Waals surface area contributed by atoms with Gasteiger partial charge < -0.3 is 14.8 Å². The van der Waals surface area contributed by atoms with Crippen LogP contribution in [0.5, 0.6) is 11.6 Å². The number of pyridine rings is 1. The molecule has 18 heavy (non-hydrogen) atoms. The second kappa shape index (κ2) is 6.59. The van der Waals surface area contributed by atoms with Crippen molar-refractivity contribution in [3.8, 4) is 11.6 Å². The van der Waals surface area contributed by atoms with Crippen molar-refractivity contribution < 1.29 is 9.47 Å². The summed E-state index contributed by atoms with van der Waals surface area (Å²) in [6.45, 7) is 6.96. The molecule has 1 unspecified atom stereocenters. The molecule has 1 aliphatic rings. The van der Waals surface area contributed by atoms with Gasteiger partial charge >= 0.3 is 0 Å². The summed E-state index contributed by atoms with van der Waals surface area (Å²) < 4.78 is 11.4. The molecule has 4 heteroatoms. The number of nitrogens with one attached hydrogen (secondary N) is 1. The Labute approximate surface area is 109 Å². The van der Waals surface area contributed by atoms with Crippen molar-refractivity contribution in [3.63, 3.8) is 0 Å². The molecule has 2 heterocycles. The van der Waals surface area contributed by atoms with Gasteiger partial charge in [-0.3, -0.25) is 0 Å². The summed E-state index contributed by atoms with van der Waals surface area (Å²) in [5, 5.41) is 3.36. The first-order chi connectivity index (χ1) is 8.75. The molecule has 1 saturated heterocycles. The summed E-state index contributed by atoms with van der Waals surface area (Å²) in [5.41, 5.74) is 0. The number of nitrogens with zero attached hydrogens (tertiary/aromatic N) is 1. The molecule has 0 aromatic carbocycles. The zero-order valence-corrected chi connectivity index (χ0v) is 11.2. The van der Waals surface area contributed by atoms with Crippen molar-refractivity contribution in [1.29, 1.82) is 0 Å². The van der Waals surface area contributed by atoms with Crippen LogP contribution < -0.4 is 14.8 Å². The minimum absolute atomic E-state index is 0.135. The maximum Gasteiger partial charge on any atom is 0.256 e. The molecule has 0 aliphatic carbocycles. The van der Waals surface area contributed by atoms with Crippen LogP contribution in [-0.4, -0.2) is 30.8 Å². The molecule has 1 aliphatic heterocycles. The van der Waals surface area contributed by atoms with E-state index in [4.69, 9.17) is 9.47 Å². The Kier molecular flexibility index (Phi) is 4.81. The van der Waals surface area contributed by atoms with Gasteiger partial charge in [-0.25, -0.2) is 4.98 Å². The summed E-state index contributed by atoms with van der Waals surface area (Å²) in [7, 11) is 0. The highest BCUT2D eigenvalue weighted by molar-refractivity contribution is 5.32. The predicted octanol–water partition coefficient (Wildman–Crippen LogP) is 2.25. The van der Waals surface area contributed by atoms with E-state index in [2.05, 4.69) is 10.3 Å². The van der Waals surface area contributed by atoms with E-state index in [1.807, 2.05) is 26.0 Å². The molecule has 0 spiro atoms. The van der Waals surface area contributed by atoms with E-state index >= 15 is 0 Å². The molecular formula is C14H22N2O2. The summed E-state index contributed by atoms with van der Waals surface area (Å²) in [5.74, 6) is 2.08. The van der Waals surface area contributed by atoms with Crippen molar-refractivity contribution in [2.75, 3.05) is 19.7 Å². The van der Waals surface area contributed by atoms with Gasteiger partial charge in [0.25, 0.3) is 5.88 Å². The Bertz CT molecular complexity index is 363. The quantitative estimate of drug-likeness (QED) is 0.841. The molecule has 0 bridgehead atoms. The third kappa shape index (κ3) is 3.88. The second-order valence-corrected chi connectivity index (χ2v) is 4.97. The van der Waals surface area contributed by atoms with Gasteiger partial charge in [0.2, 0.25) is 0 Å². The Morgan fingerprint density at radius 3 is 3.11 bits per heavy atom. The molecule has 1 aromatic rings. The van der Waals surface area contributed by atoms with Gasteiger partial charge in [-0.15, -0.1) is 0 Å². The van der Waals surface area contributed by atoms with Crippen molar-refractivity contribution in [2.24, 2.45) is 5.92 Å². The zero-order chi connectivity index (χ0) is 12.8. The zero-order valence-electron chi connectivity index (χ0n) is 11.2. The van der Waals surface area contributed by atoms with Gasteiger partial charge in [0.05, 0.1) is 12.7 Å². The molecule has 4 nitrogen and oxygen atoms in total. The minimum atomic E-state index is 0.135. The second-order valence-electron chi connectivity index (χ2n) is 4.97. The van der Waals surface area contributed by atoms with E-state index in [9.17, 15) is 0 Å². The van der Waals surface area contributed by atoms with Crippen LogP contribution in [0, 0.1) is 5.92 Å². The summed E-state index contributed by atoms with van der Waals surface area (Å²) in [6, 6.07) is 3.77. The first-order valence-electron chi connectivity index (χ1n) is 6.71. The number of rotatable bonds is 6. The number of ether oxygens (including phenoxy) is 2. The summed E-state index contributed by atoms with van der Waals surface area (Å²) >= 11 is 0. The van der Waals surface area contributed by atoms with Crippen molar-refractivity contribution in [1.82, 2.24) is 10.3 Å². The molecule has 100 valence electrons. The van der Waals surface area contributed by atoms with Gasteiger partial charge in [-0.2, -0.15) is 0 Å². The first kappa shape index (κ1) is 13.1. The smallest absolute Gasteiger partial charge is 0.256 e. The highest BCUT2D eigenvalue weighted by Gasteiger charge is 2.15. The lowest BCUT2D eigenvalue weighted by molar-refractivity contribution is 0.210. The highest BCUT2D eigenvalue weighted by atomic mass is 16.5. The van der Waals surface area contributed by atoms with Crippen LogP contribution in [0.15, 0.2) is 18.3 Å². The number of hydrogen-bond donors (Lipinski definition) is 1. The molecule has 0 saturated carbocycles. The SMILES string of the molecule is CC(C)Oc1cccnc1OCCC1CCNC1. The van der Waals surface area contributed by atoms with Gasteiger partial charge in [0, 0.05) is 6.20 Å². The lowest BCUT2D eigenvalue weighted by Gasteiger charge is -2.14. The lowest BCUT2D eigenvalue weighted by atomic mass is 10.1. The van der Waals surface area contributed by atoms with Crippen molar-refractivity contribution in [2.45, 2.75) is 32.8 Å². The minimum Gasteiger partial charge on any atom is -0.485 e. The van der Waals surface area contributed by atoms with Crippen LogP contribution in [-0.2, 0) is 0 Å². The molecule has 0 radical (unpaired) electrons. The standard InChI is InChI=1S/C14H22N2O2/c1-11(2)18-13-4-3-7-16-14(13)17-9-6-12-5-8-15-10-12/h3-4,7,11-12,15H,5-6,8-10H2,1-2H3. The molecule has 0 amide bonds. The largest absolute Gasteiger partial charge is 0.485 e. The Balaban J connectivity index is 1.83. The molecule has 1 aromatic heterocycles. The topological polar surface area (TPSA) is 43.4 Å². The van der Waals surface area contributed by atoms with E-state index in [0.717, 1.165) is 31.2 Å². The van der Waals surface area contributed by atoms with Crippen LogP contribution in [0.2, 0.25) is 0 Å². The van der Waals surface area contributed by atoms with Crippen LogP contribution >= 0.6 is 0 Å². The van der Waals surface area contributed by atoms with Gasteiger partial charge in [-0.1, -0.05) is 0 Å². The summed E-state index contributed by atoms with van der Waals surface area (Å²) in [4.78, 5) is 4.23. The number of hydrogen-bond acceptors (Lipinski definition) is 4. The third-order valence-corrected chi connectivity index (χ3v) is 3.03. The highest BCUT2D eigenvalue weighted by Crippen LogP contribution is 2.25. The Morgan fingerprint density at radius 1 is 1.50 bits per heavy atom. The Hall–Kier alpha value is -1.29. The van der Waals surface area contributed by atoms with Gasteiger partial charge in [0.15, 0.2) is 5.75 Å². The van der Waals surface area contributed by atoms with E-state index in [1.54, 1.807) is 6.20 Å². The Morgan fingerprint density at radius 2 is 2.39 bits per heavy atom. The predicted molar refractivity (Wildman–Crippen MR) is 71.1 cm³/mol. The van der Waals surface area contributed by atoms with Crippen LogP contribution in [0.3, 0.4) is 0 Å². The monoisotopic (exact) mass is 250 g/mol. The van der Waals surface area contributed by atoms with Gasteiger partial charge in [-0.05, 0) is 57.8 Å². The number of aromatic nitrogens is 1. The maximum atomic E-state index is 5.74. The van der Waals surface area contributed by atoms with E-state index in [-0.39, 0.29) is 6.10 Å². The molecule has 1 atom stereocenters. The average molecular weight is 250 g/mol. The fourth-order valence-electron chi connectivity index (χ4n) is 2.11. The molecule has 1 fully saturated rings. The maximum absolute atomic E-state index is 5.74. The fraction of sp³-hybridized carbons (Fsp3) is 0.643. The first-order valence-corrected chi connectivity index (χ1v) is 6.71. The fourth-order valence-corrected chi connectivity index (χ4v) is 2.11. The third-order valence-electron chi connectivity index (χ3n) is 3.03. The van der Waals surface area contributed by atoms with Gasteiger partial charge in [0.1, 0.15) is 0 Å². The molecule has 2 rings (SSSR count). The average Bonchev–Trinajstić information content (AvgIpc) is 2.84. The van der Waals surface area contributed by atoms with E-state index < -0.39 is 0 Å². The molecule has 1 N–H and O–H groups in total. The lowest BCUT2D eigenvalue weighted by Crippen LogP contribution is -2.13. The van der Waals surface area contributed by atoms with Crippen molar-refractivity contribution >= 4 is 0 Å². The molecular weight excluding hydrogens is 228 g/mol. The van der Waals surface area contributed by atoms with Crippen LogP contribution in [0.1, 0.15) is 26.7 Å². The van der Waals surface area contributed by atoms with Crippen LogP contribution in [0.4, 0.5) is 0 Å². The van der Waals surface area contributed by atoms with Crippen LogP contribution in [0.25, 0.3) is 0 Å².